The summed E-state index contributed by atoms with van der Waals surface area (Å²) in [6, 6.07) is 22.0. The number of aryl methyl sites for hydroxylation is 1. The first kappa shape index (κ1) is 18.2. The van der Waals surface area contributed by atoms with Gasteiger partial charge in [0.15, 0.2) is 11.5 Å². The number of anilines is 1. The Kier molecular flexibility index (Phi) is 6.03. The van der Waals surface area contributed by atoms with Crippen molar-refractivity contribution in [3.8, 4) is 11.5 Å². The van der Waals surface area contributed by atoms with E-state index in [-0.39, 0.29) is 0 Å². The molecule has 0 aromatic heterocycles. The van der Waals surface area contributed by atoms with Crippen LogP contribution in [-0.4, -0.2) is 7.11 Å². The molecule has 0 heterocycles. The van der Waals surface area contributed by atoms with Crippen molar-refractivity contribution in [1.82, 2.24) is 0 Å². The fourth-order valence-electron chi connectivity index (χ4n) is 2.60. The van der Waals surface area contributed by atoms with E-state index in [2.05, 4.69) is 36.5 Å². The number of methoxy groups -OCH3 is 1. The van der Waals surface area contributed by atoms with E-state index in [0.29, 0.717) is 23.9 Å². The lowest BCUT2D eigenvalue weighted by molar-refractivity contribution is 0.284. The van der Waals surface area contributed by atoms with Crippen LogP contribution in [0.5, 0.6) is 11.5 Å². The molecule has 0 aliphatic carbocycles. The van der Waals surface area contributed by atoms with Gasteiger partial charge in [0.05, 0.1) is 7.11 Å². The van der Waals surface area contributed by atoms with Gasteiger partial charge in [0.25, 0.3) is 0 Å². The Labute approximate surface area is 159 Å². The van der Waals surface area contributed by atoms with Gasteiger partial charge in [-0.15, -0.1) is 0 Å². The van der Waals surface area contributed by atoms with E-state index >= 15 is 0 Å². The van der Waals surface area contributed by atoms with Crippen LogP contribution in [0.4, 0.5) is 5.69 Å². The molecule has 4 heteroatoms. The zero-order valence-electron chi connectivity index (χ0n) is 15.0. The normalized spacial score (nSPS) is 10.4. The summed E-state index contributed by atoms with van der Waals surface area (Å²) >= 11 is 6.01. The van der Waals surface area contributed by atoms with Crippen molar-refractivity contribution < 1.29 is 9.47 Å². The quantitative estimate of drug-likeness (QED) is 0.568. The van der Waals surface area contributed by atoms with Gasteiger partial charge in [0.1, 0.15) is 6.61 Å². The summed E-state index contributed by atoms with van der Waals surface area (Å²) in [6.45, 7) is 3.24. The number of nitrogens with one attached hydrogen (secondary N) is 1. The maximum absolute atomic E-state index is 6.01. The van der Waals surface area contributed by atoms with Crippen molar-refractivity contribution >= 4 is 17.3 Å². The van der Waals surface area contributed by atoms with Crippen LogP contribution in [0.25, 0.3) is 0 Å². The molecule has 0 unspecified atom stereocenters. The van der Waals surface area contributed by atoms with Crippen LogP contribution in [0.2, 0.25) is 5.02 Å². The minimum absolute atomic E-state index is 0.442. The molecular weight excluding hydrogens is 346 g/mol. The van der Waals surface area contributed by atoms with Gasteiger partial charge in [0.2, 0.25) is 0 Å². The van der Waals surface area contributed by atoms with E-state index in [1.54, 1.807) is 7.11 Å². The van der Waals surface area contributed by atoms with Crippen molar-refractivity contribution in [2.24, 2.45) is 0 Å². The highest BCUT2D eigenvalue weighted by Crippen LogP contribution is 2.29. The molecule has 0 amide bonds. The van der Waals surface area contributed by atoms with Crippen LogP contribution in [0.1, 0.15) is 16.7 Å². The van der Waals surface area contributed by atoms with Crippen LogP contribution in [-0.2, 0) is 13.2 Å². The van der Waals surface area contributed by atoms with Crippen molar-refractivity contribution in [2.75, 3.05) is 12.4 Å². The molecule has 3 rings (SSSR count). The number of rotatable bonds is 7. The summed E-state index contributed by atoms with van der Waals surface area (Å²) in [5.41, 5.74) is 4.48. The molecule has 0 fully saturated rings. The second-order valence-electron chi connectivity index (χ2n) is 6.12. The first-order valence-electron chi connectivity index (χ1n) is 8.49. The van der Waals surface area contributed by atoms with E-state index in [1.807, 2.05) is 42.5 Å². The van der Waals surface area contributed by atoms with Crippen LogP contribution in [0.15, 0.2) is 66.7 Å². The molecule has 3 aromatic carbocycles. The van der Waals surface area contributed by atoms with E-state index in [4.69, 9.17) is 21.1 Å². The highest BCUT2D eigenvalue weighted by molar-refractivity contribution is 6.30. The van der Waals surface area contributed by atoms with Gasteiger partial charge in [-0.2, -0.15) is 0 Å². The minimum Gasteiger partial charge on any atom is -0.493 e. The maximum Gasteiger partial charge on any atom is 0.161 e. The van der Waals surface area contributed by atoms with Crippen molar-refractivity contribution in [1.29, 1.82) is 0 Å². The summed E-state index contributed by atoms with van der Waals surface area (Å²) in [4.78, 5) is 0. The molecule has 0 aliphatic heterocycles. The molecule has 134 valence electrons. The average molecular weight is 368 g/mol. The van der Waals surface area contributed by atoms with E-state index in [0.717, 1.165) is 22.6 Å². The molecule has 0 saturated carbocycles. The molecule has 26 heavy (non-hydrogen) atoms. The topological polar surface area (TPSA) is 30.5 Å². The van der Waals surface area contributed by atoms with Gasteiger partial charge in [-0.05, 0) is 54.4 Å². The van der Waals surface area contributed by atoms with Crippen LogP contribution in [0.3, 0.4) is 0 Å². The van der Waals surface area contributed by atoms with Gasteiger partial charge in [0, 0.05) is 17.3 Å². The fraction of sp³-hybridized carbons (Fsp3) is 0.182. The second kappa shape index (κ2) is 8.63. The largest absolute Gasteiger partial charge is 0.493 e. The molecule has 0 aliphatic rings. The average Bonchev–Trinajstić information content (AvgIpc) is 2.66. The number of benzene rings is 3. The van der Waals surface area contributed by atoms with Crippen LogP contribution in [0, 0.1) is 6.92 Å². The minimum atomic E-state index is 0.442. The predicted octanol–water partition coefficient (Wildman–Crippen LogP) is 5.85. The predicted molar refractivity (Wildman–Crippen MR) is 107 cm³/mol. The van der Waals surface area contributed by atoms with Crippen molar-refractivity contribution in [3.63, 3.8) is 0 Å². The highest BCUT2D eigenvalue weighted by Gasteiger charge is 2.07. The Morgan fingerprint density at radius 2 is 1.69 bits per heavy atom. The molecule has 0 spiro atoms. The fourth-order valence-corrected chi connectivity index (χ4v) is 2.82. The van der Waals surface area contributed by atoms with Crippen molar-refractivity contribution in [3.05, 3.63) is 88.4 Å². The van der Waals surface area contributed by atoms with Gasteiger partial charge in [-0.25, -0.2) is 0 Å². The van der Waals surface area contributed by atoms with E-state index in [9.17, 15) is 0 Å². The smallest absolute Gasteiger partial charge is 0.161 e. The zero-order chi connectivity index (χ0) is 18.4. The van der Waals surface area contributed by atoms with E-state index < -0.39 is 0 Å². The first-order chi connectivity index (χ1) is 12.6. The summed E-state index contributed by atoms with van der Waals surface area (Å²) in [7, 11) is 1.65. The van der Waals surface area contributed by atoms with Gasteiger partial charge in [-0.3, -0.25) is 0 Å². The monoisotopic (exact) mass is 367 g/mol. The summed E-state index contributed by atoms with van der Waals surface area (Å²) < 4.78 is 11.4. The molecule has 0 radical (unpaired) electrons. The third kappa shape index (κ3) is 4.93. The third-order valence-electron chi connectivity index (χ3n) is 4.06. The number of hydrogen-bond acceptors (Lipinski definition) is 3. The molecule has 3 aromatic rings. The highest BCUT2D eigenvalue weighted by atomic mass is 35.5. The first-order valence-corrected chi connectivity index (χ1v) is 8.86. The SMILES string of the molecule is COc1cc(CNc2ccc(C)cc2)ccc1OCc1cccc(Cl)c1. The van der Waals surface area contributed by atoms with Gasteiger partial charge >= 0.3 is 0 Å². The van der Waals surface area contributed by atoms with Crippen LogP contribution < -0.4 is 14.8 Å². The Balaban J connectivity index is 1.64. The maximum atomic E-state index is 6.01. The summed E-state index contributed by atoms with van der Waals surface area (Å²) in [6.07, 6.45) is 0. The Hall–Kier alpha value is -2.65. The molecule has 0 saturated heterocycles. The number of halogens is 1. The molecular formula is C22H22ClNO2. The summed E-state index contributed by atoms with van der Waals surface area (Å²) in [5.74, 6) is 1.43. The Morgan fingerprint density at radius 1 is 0.885 bits per heavy atom. The molecule has 1 N–H and O–H groups in total. The van der Waals surface area contributed by atoms with Crippen molar-refractivity contribution in [2.45, 2.75) is 20.1 Å². The van der Waals surface area contributed by atoms with Gasteiger partial charge < -0.3 is 14.8 Å². The molecule has 0 atom stereocenters. The van der Waals surface area contributed by atoms with Gasteiger partial charge in [-0.1, -0.05) is 47.5 Å². The zero-order valence-corrected chi connectivity index (χ0v) is 15.7. The lowest BCUT2D eigenvalue weighted by atomic mass is 10.2. The number of hydrogen-bond donors (Lipinski definition) is 1. The van der Waals surface area contributed by atoms with E-state index in [1.165, 1.54) is 5.56 Å². The molecule has 0 bridgehead atoms. The standard InChI is InChI=1S/C22H22ClNO2/c1-16-6-9-20(10-7-16)24-14-17-8-11-21(22(13-17)25-2)26-15-18-4-3-5-19(23)12-18/h3-13,24H,14-15H2,1-2H3. The second-order valence-corrected chi connectivity index (χ2v) is 6.56. The van der Waals surface area contributed by atoms with Crippen LogP contribution >= 0.6 is 11.6 Å². The summed E-state index contributed by atoms with van der Waals surface area (Å²) in [5, 5.41) is 4.12. The Bertz CT molecular complexity index is 862. The Morgan fingerprint density at radius 3 is 2.42 bits per heavy atom. The lowest BCUT2D eigenvalue weighted by Gasteiger charge is -2.13. The number of ether oxygens (including phenoxy) is 2. The molecule has 3 nitrogen and oxygen atoms in total. The lowest BCUT2D eigenvalue weighted by Crippen LogP contribution is -2.02. The third-order valence-corrected chi connectivity index (χ3v) is 4.29.